The van der Waals surface area contributed by atoms with Gasteiger partial charge in [0, 0.05) is 27.1 Å². The Morgan fingerprint density at radius 1 is 1.28 bits per heavy atom. The lowest BCUT2D eigenvalue weighted by atomic mass is 10.1. The van der Waals surface area contributed by atoms with Crippen LogP contribution in [0, 0.1) is 5.82 Å². The maximum Gasteiger partial charge on any atom is 0.203 e. The average Bonchev–Trinajstić information content (AvgIpc) is 2.61. The van der Waals surface area contributed by atoms with Crippen LogP contribution in [0.25, 0.3) is 11.4 Å². The molecule has 0 aliphatic heterocycles. The molecule has 18 heavy (non-hydrogen) atoms. The molecule has 0 amide bonds. The summed E-state index contributed by atoms with van der Waals surface area (Å²) < 4.78 is 18.2. The van der Waals surface area contributed by atoms with Gasteiger partial charge in [0.2, 0.25) is 5.13 Å². The fraction of sp³-hybridized carbons (Fsp3) is 0.333. The molecule has 0 fully saturated rings. The molecule has 3 nitrogen and oxygen atoms in total. The van der Waals surface area contributed by atoms with Crippen LogP contribution >= 0.6 is 27.5 Å². The minimum atomic E-state index is -0.306. The maximum absolute atomic E-state index is 13.3. The summed E-state index contributed by atoms with van der Waals surface area (Å²) in [5.74, 6) is 0.228. The molecule has 2 aromatic rings. The first-order valence-electron chi connectivity index (χ1n) is 5.42. The van der Waals surface area contributed by atoms with Crippen LogP contribution in [0.1, 0.15) is 20.8 Å². The number of benzene rings is 1. The van der Waals surface area contributed by atoms with Crippen LogP contribution in [0.5, 0.6) is 0 Å². The molecule has 0 aliphatic carbocycles. The molecule has 0 radical (unpaired) electrons. The van der Waals surface area contributed by atoms with Crippen LogP contribution in [0.4, 0.5) is 9.52 Å². The fourth-order valence-electron chi connectivity index (χ4n) is 1.40. The first kappa shape index (κ1) is 13.4. The van der Waals surface area contributed by atoms with Crippen molar-refractivity contribution in [2.24, 2.45) is 0 Å². The summed E-state index contributed by atoms with van der Waals surface area (Å²) in [6.07, 6.45) is 0. The van der Waals surface area contributed by atoms with Crippen LogP contribution in [0.3, 0.4) is 0 Å². The Bertz CT molecular complexity index is 542. The first-order valence-corrected chi connectivity index (χ1v) is 6.98. The lowest BCUT2D eigenvalue weighted by Crippen LogP contribution is -2.25. The molecule has 0 saturated heterocycles. The summed E-state index contributed by atoms with van der Waals surface area (Å²) in [4.78, 5) is 4.36. The van der Waals surface area contributed by atoms with Crippen molar-refractivity contribution in [3.05, 3.63) is 28.5 Å². The fourth-order valence-corrected chi connectivity index (χ4v) is 2.66. The number of hydrogen-bond donors (Lipinski definition) is 1. The van der Waals surface area contributed by atoms with Crippen molar-refractivity contribution in [1.82, 2.24) is 9.36 Å². The number of nitrogens with zero attached hydrogens (tertiary/aromatic N) is 2. The van der Waals surface area contributed by atoms with Gasteiger partial charge in [-0.25, -0.2) is 4.39 Å². The lowest BCUT2D eigenvalue weighted by Gasteiger charge is -2.18. The number of nitrogens with one attached hydrogen (secondary N) is 1. The highest BCUT2D eigenvalue weighted by atomic mass is 79.9. The normalized spacial score (nSPS) is 11.6. The molecule has 1 heterocycles. The molecule has 0 bridgehead atoms. The van der Waals surface area contributed by atoms with Gasteiger partial charge in [-0.3, -0.25) is 0 Å². The van der Waals surface area contributed by atoms with Gasteiger partial charge in [0.15, 0.2) is 5.82 Å². The summed E-state index contributed by atoms with van der Waals surface area (Å²) in [6, 6.07) is 4.63. The molecular formula is C12H13BrFN3S. The highest BCUT2D eigenvalue weighted by Crippen LogP contribution is 2.26. The Labute approximate surface area is 118 Å². The van der Waals surface area contributed by atoms with Gasteiger partial charge in [-0.15, -0.1) is 0 Å². The van der Waals surface area contributed by atoms with Crippen molar-refractivity contribution in [3.8, 4) is 11.4 Å². The third-order valence-electron chi connectivity index (χ3n) is 2.03. The van der Waals surface area contributed by atoms with E-state index in [1.54, 1.807) is 6.07 Å². The van der Waals surface area contributed by atoms with Crippen LogP contribution in [0.2, 0.25) is 0 Å². The second kappa shape index (κ2) is 4.93. The third kappa shape index (κ3) is 3.49. The van der Waals surface area contributed by atoms with E-state index in [9.17, 15) is 4.39 Å². The van der Waals surface area contributed by atoms with Gasteiger partial charge in [-0.2, -0.15) is 9.36 Å². The van der Waals surface area contributed by atoms with Gasteiger partial charge in [-0.1, -0.05) is 15.9 Å². The zero-order chi connectivity index (χ0) is 13.3. The van der Waals surface area contributed by atoms with E-state index in [-0.39, 0.29) is 11.4 Å². The molecule has 1 aromatic heterocycles. The molecule has 2 rings (SSSR count). The molecule has 96 valence electrons. The van der Waals surface area contributed by atoms with Crippen LogP contribution in [-0.4, -0.2) is 14.9 Å². The smallest absolute Gasteiger partial charge is 0.203 e. The predicted octanol–water partition coefficient (Wildman–Crippen LogP) is 4.32. The zero-order valence-electron chi connectivity index (χ0n) is 10.3. The van der Waals surface area contributed by atoms with E-state index in [4.69, 9.17) is 0 Å². The molecule has 6 heteroatoms. The first-order chi connectivity index (χ1) is 8.33. The van der Waals surface area contributed by atoms with Gasteiger partial charge >= 0.3 is 0 Å². The van der Waals surface area contributed by atoms with E-state index in [0.29, 0.717) is 15.9 Å². The summed E-state index contributed by atoms with van der Waals surface area (Å²) in [5, 5.41) is 3.97. The van der Waals surface area contributed by atoms with Crippen LogP contribution in [0.15, 0.2) is 22.7 Å². The molecule has 0 unspecified atom stereocenters. The van der Waals surface area contributed by atoms with Crippen LogP contribution < -0.4 is 5.32 Å². The Hall–Kier alpha value is -1.01. The SMILES string of the molecule is CC(C)(C)Nc1nc(-c2cc(F)cc(Br)c2)ns1. The third-order valence-corrected chi connectivity index (χ3v) is 3.12. The Morgan fingerprint density at radius 3 is 2.61 bits per heavy atom. The van der Waals surface area contributed by atoms with Gasteiger partial charge in [-0.05, 0) is 39.0 Å². The van der Waals surface area contributed by atoms with E-state index < -0.39 is 0 Å². The Morgan fingerprint density at radius 2 is 2.00 bits per heavy atom. The average molecular weight is 330 g/mol. The van der Waals surface area contributed by atoms with Gasteiger partial charge < -0.3 is 5.32 Å². The van der Waals surface area contributed by atoms with E-state index in [2.05, 4.69) is 30.6 Å². The number of halogens is 2. The van der Waals surface area contributed by atoms with E-state index in [1.165, 1.54) is 23.7 Å². The van der Waals surface area contributed by atoms with Crippen molar-refractivity contribution in [2.45, 2.75) is 26.3 Å². The number of anilines is 1. The van der Waals surface area contributed by atoms with Crippen LogP contribution in [-0.2, 0) is 0 Å². The quantitative estimate of drug-likeness (QED) is 0.891. The van der Waals surface area contributed by atoms with Gasteiger partial charge in [0.1, 0.15) is 5.82 Å². The number of rotatable bonds is 2. The zero-order valence-corrected chi connectivity index (χ0v) is 12.7. The van der Waals surface area contributed by atoms with Crippen molar-refractivity contribution >= 4 is 32.6 Å². The number of hydrogen-bond acceptors (Lipinski definition) is 4. The van der Waals surface area contributed by atoms with Crippen molar-refractivity contribution in [1.29, 1.82) is 0 Å². The standard InChI is InChI=1S/C12H13BrFN3S/c1-12(2,3)16-11-15-10(17-18-11)7-4-8(13)6-9(14)5-7/h4-6H,1-3H3,(H,15,16,17). The molecule has 1 N–H and O–H groups in total. The Kier molecular flexibility index (Phi) is 3.68. The van der Waals surface area contributed by atoms with E-state index in [1.807, 2.05) is 20.8 Å². The summed E-state index contributed by atoms with van der Waals surface area (Å²) in [6.45, 7) is 6.15. The summed E-state index contributed by atoms with van der Waals surface area (Å²) in [7, 11) is 0. The lowest BCUT2D eigenvalue weighted by molar-refractivity contribution is 0.627. The minimum absolute atomic E-state index is 0.0701. The second-order valence-corrected chi connectivity index (χ2v) is 6.62. The van der Waals surface area contributed by atoms with Crippen molar-refractivity contribution in [2.75, 3.05) is 5.32 Å². The molecule has 0 atom stereocenters. The summed E-state index contributed by atoms with van der Waals surface area (Å²) in [5.41, 5.74) is 0.597. The second-order valence-electron chi connectivity index (χ2n) is 4.96. The summed E-state index contributed by atoms with van der Waals surface area (Å²) >= 11 is 4.53. The van der Waals surface area contributed by atoms with Gasteiger partial charge in [0.05, 0.1) is 0 Å². The maximum atomic E-state index is 13.3. The number of aromatic nitrogens is 2. The molecule has 1 aromatic carbocycles. The molecular weight excluding hydrogens is 317 g/mol. The minimum Gasteiger partial charge on any atom is -0.356 e. The molecule has 0 spiro atoms. The topological polar surface area (TPSA) is 37.8 Å². The van der Waals surface area contributed by atoms with Crippen molar-refractivity contribution < 1.29 is 4.39 Å². The predicted molar refractivity (Wildman–Crippen MR) is 76.4 cm³/mol. The van der Waals surface area contributed by atoms with Gasteiger partial charge in [0.25, 0.3) is 0 Å². The van der Waals surface area contributed by atoms with Crippen molar-refractivity contribution in [3.63, 3.8) is 0 Å². The molecule has 0 aliphatic rings. The molecule has 0 saturated carbocycles. The largest absolute Gasteiger partial charge is 0.356 e. The van der Waals surface area contributed by atoms with E-state index >= 15 is 0 Å². The highest BCUT2D eigenvalue weighted by Gasteiger charge is 2.14. The monoisotopic (exact) mass is 329 g/mol. The highest BCUT2D eigenvalue weighted by molar-refractivity contribution is 9.10. The van der Waals surface area contributed by atoms with E-state index in [0.717, 1.165) is 5.13 Å². The Balaban J connectivity index is 2.29.